The molecular weight excluding hydrogens is 379 g/mol. The van der Waals surface area contributed by atoms with Gasteiger partial charge < -0.3 is 0 Å². The molecule has 3 rings (SSSR count). The minimum atomic E-state index is 0.227. The van der Waals surface area contributed by atoms with Gasteiger partial charge in [0.15, 0.2) is 0 Å². The fraction of sp³-hybridized carbons (Fsp3) is 0.375. The number of hydrogen-bond acceptors (Lipinski definition) is 3. The lowest BCUT2D eigenvalue weighted by Crippen LogP contribution is -2.28. The van der Waals surface area contributed by atoms with Crippen LogP contribution in [0.4, 0.5) is 0 Å². The SMILES string of the molecule is NNC(Cc1ccc(I)cc1)c1cc2c(s1)CCCC2. The maximum Gasteiger partial charge on any atom is 0.0593 e. The van der Waals surface area contributed by atoms with E-state index in [0.29, 0.717) is 0 Å². The zero-order chi connectivity index (χ0) is 13.9. The summed E-state index contributed by atoms with van der Waals surface area (Å²) in [6, 6.07) is 11.3. The molecule has 2 aromatic rings. The second-order valence-electron chi connectivity index (χ2n) is 5.35. The van der Waals surface area contributed by atoms with Crippen LogP contribution in [0.2, 0.25) is 0 Å². The number of halogens is 1. The number of nitrogens with two attached hydrogens (primary N) is 1. The van der Waals surface area contributed by atoms with Crippen molar-refractivity contribution in [2.45, 2.75) is 38.1 Å². The number of hydrogen-bond donors (Lipinski definition) is 2. The Hall–Kier alpha value is -0.430. The van der Waals surface area contributed by atoms with Crippen LogP contribution in [0.1, 0.15) is 39.8 Å². The van der Waals surface area contributed by atoms with E-state index in [1.807, 2.05) is 11.3 Å². The summed E-state index contributed by atoms with van der Waals surface area (Å²) >= 11 is 4.28. The molecule has 0 fully saturated rings. The number of rotatable bonds is 4. The maximum absolute atomic E-state index is 5.80. The van der Waals surface area contributed by atoms with E-state index in [2.05, 4.69) is 58.3 Å². The normalized spacial score (nSPS) is 15.9. The second kappa shape index (κ2) is 6.56. The Balaban J connectivity index is 1.79. The fourth-order valence-electron chi connectivity index (χ4n) is 2.78. The van der Waals surface area contributed by atoms with Gasteiger partial charge in [-0.15, -0.1) is 11.3 Å². The van der Waals surface area contributed by atoms with Crippen LogP contribution in [0.25, 0.3) is 0 Å². The van der Waals surface area contributed by atoms with Crippen LogP contribution < -0.4 is 11.3 Å². The second-order valence-corrected chi connectivity index (χ2v) is 7.77. The largest absolute Gasteiger partial charge is 0.271 e. The lowest BCUT2D eigenvalue weighted by atomic mass is 9.98. The smallest absolute Gasteiger partial charge is 0.0593 e. The van der Waals surface area contributed by atoms with Crippen molar-refractivity contribution >= 4 is 33.9 Å². The highest BCUT2D eigenvalue weighted by molar-refractivity contribution is 14.1. The molecule has 0 spiro atoms. The van der Waals surface area contributed by atoms with Gasteiger partial charge in [-0.3, -0.25) is 11.3 Å². The molecule has 0 bridgehead atoms. The molecule has 1 aliphatic carbocycles. The third kappa shape index (κ3) is 3.24. The van der Waals surface area contributed by atoms with Crippen LogP contribution in [0.5, 0.6) is 0 Å². The van der Waals surface area contributed by atoms with Crippen LogP contribution in [-0.2, 0) is 19.3 Å². The molecule has 1 heterocycles. The number of aryl methyl sites for hydroxylation is 2. The Morgan fingerprint density at radius 2 is 1.95 bits per heavy atom. The number of benzene rings is 1. The van der Waals surface area contributed by atoms with Crippen molar-refractivity contribution in [1.29, 1.82) is 0 Å². The predicted octanol–water partition coefficient (Wildman–Crippen LogP) is 3.98. The Morgan fingerprint density at radius 1 is 1.20 bits per heavy atom. The summed E-state index contributed by atoms with van der Waals surface area (Å²) in [4.78, 5) is 2.96. The number of fused-ring (bicyclic) bond motifs is 1. The van der Waals surface area contributed by atoms with Gasteiger partial charge in [0.25, 0.3) is 0 Å². The van der Waals surface area contributed by atoms with E-state index >= 15 is 0 Å². The van der Waals surface area contributed by atoms with Crippen LogP contribution in [-0.4, -0.2) is 0 Å². The van der Waals surface area contributed by atoms with E-state index in [1.54, 1.807) is 10.4 Å². The zero-order valence-corrected chi connectivity index (χ0v) is 14.3. The van der Waals surface area contributed by atoms with Gasteiger partial charge in [-0.05, 0) is 84.0 Å². The molecule has 0 saturated heterocycles. The molecule has 1 unspecified atom stereocenters. The minimum absolute atomic E-state index is 0.227. The van der Waals surface area contributed by atoms with Gasteiger partial charge in [0, 0.05) is 13.3 Å². The minimum Gasteiger partial charge on any atom is -0.271 e. The Kier molecular flexibility index (Phi) is 4.75. The third-order valence-corrected chi connectivity index (χ3v) is 5.98. The van der Waals surface area contributed by atoms with Crippen molar-refractivity contribution in [3.8, 4) is 0 Å². The first-order chi connectivity index (χ1) is 9.76. The summed E-state index contributed by atoms with van der Waals surface area (Å²) < 4.78 is 1.27. The van der Waals surface area contributed by atoms with Crippen molar-refractivity contribution in [2.24, 2.45) is 5.84 Å². The summed E-state index contributed by atoms with van der Waals surface area (Å²) in [5.41, 5.74) is 5.89. The van der Waals surface area contributed by atoms with Crippen molar-refractivity contribution in [2.75, 3.05) is 0 Å². The highest BCUT2D eigenvalue weighted by Crippen LogP contribution is 2.33. The van der Waals surface area contributed by atoms with Gasteiger partial charge >= 0.3 is 0 Å². The van der Waals surface area contributed by atoms with E-state index in [4.69, 9.17) is 5.84 Å². The first-order valence-corrected chi connectivity index (χ1v) is 8.98. The van der Waals surface area contributed by atoms with Crippen molar-refractivity contribution in [1.82, 2.24) is 5.43 Å². The third-order valence-electron chi connectivity index (χ3n) is 3.91. The Bertz CT molecular complexity index is 553. The van der Waals surface area contributed by atoms with E-state index in [0.717, 1.165) is 6.42 Å². The van der Waals surface area contributed by atoms with E-state index in [1.165, 1.54) is 39.7 Å². The highest BCUT2D eigenvalue weighted by Gasteiger charge is 2.18. The van der Waals surface area contributed by atoms with E-state index < -0.39 is 0 Å². The molecule has 20 heavy (non-hydrogen) atoms. The topological polar surface area (TPSA) is 38.0 Å². The summed E-state index contributed by atoms with van der Waals surface area (Å²) in [7, 11) is 0. The molecular formula is C16H19IN2S. The van der Waals surface area contributed by atoms with E-state index in [9.17, 15) is 0 Å². The molecule has 0 radical (unpaired) electrons. The lowest BCUT2D eigenvalue weighted by Gasteiger charge is -2.14. The van der Waals surface area contributed by atoms with Crippen molar-refractivity contribution in [3.05, 3.63) is 54.8 Å². The summed E-state index contributed by atoms with van der Waals surface area (Å²) in [6.07, 6.45) is 6.12. The number of thiophene rings is 1. The first kappa shape index (κ1) is 14.5. The summed E-state index contributed by atoms with van der Waals surface area (Å²) in [5.74, 6) is 5.80. The van der Waals surface area contributed by atoms with Crippen LogP contribution in [0, 0.1) is 3.57 Å². The maximum atomic E-state index is 5.80. The standard InChI is InChI=1S/C16H19IN2S/c17-13-7-5-11(6-8-13)9-14(19-18)16-10-12-3-1-2-4-15(12)20-16/h5-8,10,14,19H,1-4,9,18H2. The molecule has 0 amide bonds. The van der Waals surface area contributed by atoms with Crippen molar-refractivity contribution in [3.63, 3.8) is 0 Å². The van der Waals surface area contributed by atoms with Crippen LogP contribution in [0.15, 0.2) is 30.3 Å². The predicted molar refractivity (Wildman–Crippen MR) is 93.9 cm³/mol. The molecule has 1 atom stereocenters. The van der Waals surface area contributed by atoms with E-state index in [-0.39, 0.29) is 6.04 Å². The highest BCUT2D eigenvalue weighted by atomic mass is 127. The van der Waals surface area contributed by atoms with Gasteiger partial charge in [-0.2, -0.15) is 0 Å². The van der Waals surface area contributed by atoms with Crippen LogP contribution in [0.3, 0.4) is 0 Å². The average molecular weight is 398 g/mol. The van der Waals surface area contributed by atoms with Crippen molar-refractivity contribution < 1.29 is 0 Å². The van der Waals surface area contributed by atoms with Gasteiger partial charge in [0.05, 0.1) is 6.04 Å². The number of nitrogens with one attached hydrogen (secondary N) is 1. The van der Waals surface area contributed by atoms with Gasteiger partial charge in [-0.25, -0.2) is 0 Å². The quantitative estimate of drug-likeness (QED) is 0.465. The molecule has 2 nitrogen and oxygen atoms in total. The first-order valence-electron chi connectivity index (χ1n) is 7.08. The Labute approximate surface area is 137 Å². The molecule has 1 aromatic carbocycles. The average Bonchev–Trinajstić information content (AvgIpc) is 2.90. The fourth-order valence-corrected chi connectivity index (χ4v) is 4.46. The number of hydrazine groups is 1. The molecule has 0 saturated carbocycles. The Morgan fingerprint density at radius 3 is 2.65 bits per heavy atom. The van der Waals surface area contributed by atoms with Crippen LogP contribution >= 0.6 is 33.9 Å². The summed E-state index contributed by atoms with van der Waals surface area (Å²) in [6.45, 7) is 0. The molecule has 106 valence electrons. The molecule has 4 heteroatoms. The van der Waals surface area contributed by atoms with Gasteiger partial charge in [-0.1, -0.05) is 12.1 Å². The lowest BCUT2D eigenvalue weighted by molar-refractivity contribution is 0.560. The summed E-state index contributed by atoms with van der Waals surface area (Å²) in [5, 5.41) is 0. The van der Waals surface area contributed by atoms with Gasteiger partial charge in [0.2, 0.25) is 0 Å². The zero-order valence-electron chi connectivity index (χ0n) is 11.4. The monoisotopic (exact) mass is 398 g/mol. The van der Waals surface area contributed by atoms with Gasteiger partial charge in [0.1, 0.15) is 0 Å². The molecule has 1 aromatic heterocycles. The molecule has 0 aliphatic heterocycles. The molecule has 1 aliphatic rings. The molecule has 3 N–H and O–H groups in total.